The summed E-state index contributed by atoms with van der Waals surface area (Å²) < 4.78 is 32.7. The summed E-state index contributed by atoms with van der Waals surface area (Å²) in [5.74, 6) is 0. The number of ether oxygens (including phenoxy) is 1. The second kappa shape index (κ2) is 7.23. The highest BCUT2D eigenvalue weighted by molar-refractivity contribution is 7.89. The van der Waals surface area contributed by atoms with Crippen LogP contribution in [0.2, 0.25) is 0 Å². The molecule has 2 N–H and O–H groups in total. The maximum atomic E-state index is 12.5. The fourth-order valence-electron chi connectivity index (χ4n) is 2.79. The highest BCUT2D eigenvalue weighted by Crippen LogP contribution is 2.26. The van der Waals surface area contributed by atoms with Gasteiger partial charge < -0.3 is 10.1 Å². The van der Waals surface area contributed by atoms with E-state index in [-0.39, 0.29) is 6.54 Å². The molecule has 1 unspecified atom stereocenters. The second-order valence-electron chi connectivity index (χ2n) is 5.59. The zero-order chi connectivity index (χ0) is 17.8. The summed E-state index contributed by atoms with van der Waals surface area (Å²) in [6, 6.07) is 5.13. The van der Waals surface area contributed by atoms with Crippen LogP contribution >= 0.6 is 0 Å². The summed E-state index contributed by atoms with van der Waals surface area (Å²) >= 11 is 0. The van der Waals surface area contributed by atoms with Gasteiger partial charge >= 0.3 is 0 Å². The zero-order valence-corrected chi connectivity index (χ0v) is 13.9. The lowest BCUT2D eigenvalue weighted by Gasteiger charge is -2.28. The van der Waals surface area contributed by atoms with Crippen LogP contribution in [0.3, 0.4) is 0 Å². The van der Waals surface area contributed by atoms with Gasteiger partial charge in [-0.2, -0.15) is 5.26 Å². The van der Waals surface area contributed by atoms with Gasteiger partial charge in [-0.05, 0) is 25.5 Å². The Hall–Kier alpha value is -2.06. The number of nitrogens with zero attached hydrogens (tertiary/aromatic N) is 2. The van der Waals surface area contributed by atoms with Crippen LogP contribution in [0, 0.1) is 21.4 Å². The van der Waals surface area contributed by atoms with E-state index in [2.05, 4.69) is 10.0 Å². The number of benzene rings is 1. The molecule has 130 valence electrons. The number of methoxy groups -OCH3 is 1. The van der Waals surface area contributed by atoms with Crippen LogP contribution in [0.1, 0.15) is 18.4 Å². The molecular formula is C14H18N4O5S. The summed E-state index contributed by atoms with van der Waals surface area (Å²) in [7, 11) is -2.54. The normalized spacial score (nSPS) is 20.7. The molecule has 1 saturated heterocycles. The maximum Gasteiger partial charge on any atom is 0.288 e. The lowest BCUT2D eigenvalue weighted by molar-refractivity contribution is -0.385. The molecule has 1 aliphatic rings. The van der Waals surface area contributed by atoms with E-state index < -0.39 is 36.6 Å². The fourth-order valence-corrected chi connectivity index (χ4v) is 4.09. The number of hydrogen-bond donors (Lipinski definition) is 2. The number of nitriles is 1. The third kappa shape index (κ3) is 3.70. The van der Waals surface area contributed by atoms with Crippen LogP contribution in [-0.4, -0.2) is 45.7 Å². The van der Waals surface area contributed by atoms with Gasteiger partial charge in [-0.3, -0.25) is 10.1 Å². The first-order chi connectivity index (χ1) is 11.4. The van der Waals surface area contributed by atoms with Gasteiger partial charge in [0.25, 0.3) is 5.69 Å². The van der Waals surface area contributed by atoms with Gasteiger partial charge in [-0.1, -0.05) is 6.07 Å². The molecule has 1 fully saturated rings. The summed E-state index contributed by atoms with van der Waals surface area (Å²) in [4.78, 5) is 9.80. The maximum absolute atomic E-state index is 12.5. The van der Waals surface area contributed by atoms with Crippen molar-refractivity contribution in [2.75, 3.05) is 26.8 Å². The molecule has 0 aliphatic carbocycles. The molecule has 0 radical (unpaired) electrons. The Morgan fingerprint density at radius 2 is 2.29 bits per heavy atom. The first-order valence-corrected chi connectivity index (χ1v) is 8.75. The van der Waals surface area contributed by atoms with Gasteiger partial charge in [0.15, 0.2) is 0 Å². The predicted octanol–water partition coefficient (Wildman–Crippen LogP) is 0.513. The van der Waals surface area contributed by atoms with Crippen LogP contribution in [0.4, 0.5) is 5.69 Å². The minimum Gasteiger partial charge on any atom is -0.383 e. The second-order valence-corrected chi connectivity index (χ2v) is 7.32. The SMILES string of the molecule is COCC1(CNS(=O)(=O)c2cccc([N+](=O)[O-])c2C#N)CCCN1. The van der Waals surface area contributed by atoms with Gasteiger partial charge in [0, 0.05) is 19.7 Å². The van der Waals surface area contributed by atoms with Crippen molar-refractivity contribution in [1.82, 2.24) is 10.0 Å². The number of nitro groups is 1. The van der Waals surface area contributed by atoms with E-state index in [0.29, 0.717) is 6.61 Å². The number of rotatable bonds is 7. The molecule has 0 amide bonds. The quantitative estimate of drug-likeness (QED) is 0.538. The van der Waals surface area contributed by atoms with Crippen LogP contribution in [0.25, 0.3) is 0 Å². The standard InChI is InChI=1S/C14H18N4O5S/c1-23-10-14(6-3-7-16-14)9-17-24(21,22)13-5-2-4-12(18(19)20)11(13)8-15/h2,4-5,16-17H,3,6-7,9-10H2,1H3. The molecule has 24 heavy (non-hydrogen) atoms. The molecule has 2 rings (SSSR count). The molecule has 0 aromatic heterocycles. The Balaban J connectivity index is 2.30. The topological polar surface area (TPSA) is 134 Å². The van der Waals surface area contributed by atoms with Crippen molar-refractivity contribution < 1.29 is 18.1 Å². The molecule has 1 heterocycles. The average Bonchev–Trinajstić information content (AvgIpc) is 3.01. The van der Waals surface area contributed by atoms with Crippen molar-refractivity contribution in [3.05, 3.63) is 33.9 Å². The summed E-state index contributed by atoms with van der Waals surface area (Å²) in [6.07, 6.45) is 1.63. The van der Waals surface area contributed by atoms with Crippen molar-refractivity contribution in [2.45, 2.75) is 23.3 Å². The van der Waals surface area contributed by atoms with Crippen LogP contribution in [-0.2, 0) is 14.8 Å². The summed E-state index contributed by atoms with van der Waals surface area (Å²) in [6.45, 7) is 1.15. The van der Waals surface area contributed by atoms with Crippen LogP contribution in [0.5, 0.6) is 0 Å². The van der Waals surface area contributed by atoms with E-state index in [9.17, 15) is 18.5 Å². The Bertz CT molecular complexity index is 766. The molecule has 1 atom stereocenters. The lowest BCUT2D eigenvalue weighted by atomic mass is 9.99. The van der Waals surface area contributed by atoms with E-state index in [1.54, 1.807) is 6.07 Å². The molecule has 1 aromatic rings. The van der Waals surface area contributed by atoms with E-state index >= 15 is 0 Å². The first kappa shape index (κ1) is 18.3. The van der Waals surface area contributed by atoms with E-state index in [0.717, 1.165) is 25.5 Å². The van der Waals surface area contributed by atoms with E-state index in [1.165, 1.54) is 19.2 Å². The van der Waals surface area contributed by atoms with Gasteiger partial charge in [-0.15, -0.1) is 0 Å². The Labute approximate surface area is 139 Å². The number of sulfonamides is 1. The molecule has 1 aliphatic heterocycles. The van der Waals surface area contributed by atoms with Gasteiger partial charge in [0.05, 0.1) is 17.1 Å². The minimum atomic E-state index is -4.08. The molecule has 0 saturated carbocycles. The van der Waals surface area contributed by atoms with Crippen molar-refractivity contribution >= 4 is 15.7 Å². The minimum absolute atomic E-state index is 0.0662. The number of nitrogens with one attached hydrogen (secondary N) is 2. The molecule has 0 bridgehead atoms. The number of nitro benzene ring substituents is 1. The average molecular weight is 354 g/mol. The monoisotopic (exact) mass is 354 g/mol. The van der Waals surface area contributed by atoms with Gasteiger partial charge in [0.1, 0.15) is 16.5 Å². The first-order valence-electron chi connectivity index (χ1n) is 7.26. The molecule has 1 aromatic carbocycles. The molecule has 9 nitrogen and oxygen atoms in total. The third-order valence-electron chi connectivity index (χ3n) is 3.96. The van der Waals surface area contributed by atoms with Gasteiger partial charge in [-0.25, -0.2) is 13.1 Å². The number of hydrogen-bond acceptors (Lipinski definition) is 7. The highest BCUT2D eigenvalue weighted by Gasteiger charge is 2.35. The summed E-state index contributed by atoms with van der Waals surface area (Å²) in [5, 5.41) is 23.4. The summed E-state index contributed by atoms with van der Waals surface area (Å²) in [5.41, 5.74) is -1.53. The van der Waals surface area contributed by atoms with Crippen molar-refractivity contribution in [2.24, 2.45) is 0 Å². The molecule has 0 spiro atoms. The van der Waals surface area contributed by atoms with Crippen LogP contribution in [0.15, 0.2) is 23.1 Å². The van der Waals surface area contributed by atoms with Gasteiger partial charge in [0.2, 0.25) is 10.0 Å². The van der Waals surface area contributed by atoms with Crippen molar-refractivity contribution in [1.29, 1.82) is 5.26 Å². The van der Waals surface area contributed by atoms with E-state index in [1.807, 2.05) is 0 Å². The Kier molecular flexibility index (Phi) is 5.51. The Morgan fingerprint density at radius 1 is 1.54 bits per heavy atom. The van der Waals surface area contributed by atoms with E-state index in [4.69, 9.17) is 10.00 Å². The molecule has 10 heteroatoms. The highest BCUT2D eigenvalue weighted by atomic mass is 32.2. The molecular weight excluding hydrogens is 336 g/mol. The fraction of sp³-hybridized carbons (Fsp3) is 0.500. The van der Waals surface area contributed by atoms with Crippen molar-refractivity contribution in [3.63, 3.8) is 0 Å². The predicted molar refractivity (Wildman–Crippen MR) is 84.8 cm³/mol. The third-order valence-corrected chi connectivity index (χ3v) is 5.40. The van der Waals surface area contributed by atoms with Crippen LogP contribution < -0.4 is 10.0 Å². The smallest absolute Gasteiger partial charge is 0.288 e. The lowest BCUT2D eigenvalue weighted by Crippen LogP contribution is -2.52. The zero-order valence-electron chi connectivity index (χ0n) is 13.1. The largest absolute Gasteiger partial charge is 0.383 e. The Morgan fingerprint density at radius 3 is 2.83 bits per heavy atom. The van der Waals surface area contributed by atoms with Crippen molar-refractivity contribution in [3.8, 4) is 6.07 Å².